The minimum Gasteiger partial charge on any atom is -0.396 e. The van der Waals surface area contributed by atoms with E-state index >= 15 is 0 Å². The van der Waals surface area contributed by atoms with E-state index in [0.717, 1.165) is 19.4 Å². The van der Waals surface area contributed by atoms with E-state index in [1.807, 2.05) is 4.90 Å². The first-order valence-corrected chi connectivity index (χ1v) is 6.98. The molecule has 2 fully saturated rings. The maximum atomic E-state index is 10.2. The van der Waals surface area contributed by atoms with Crippen LogP contribution in [0.5, 0.6) is 0 Å². The molecule has 0 aromatic heterocycles. The van der Waals surface area contributed by atoms with Crippen LogP contribution < -0.4 is 0 Å². The fraction of sp³-hybridized carbons (Fsp3) is 1.00. The second kappa shape index (κ2) is 6.03. The first-order chi connectivity index (χ1) is 8.93. The number of fused-ring (bicyclic) bond motifs is 1. The molecule has 2 heterocycles. The van der Waals surface area contributed by atoms with E-state index in [1.54, 1.807) is 13.8 Å². The molecular weight excluding hydrogens is 250 g/mol. The van der Waals surface area contributed by atoms with Crippen molar-refractivity contribution in [2.75, 3.05) is 26.2 Å². The molecule has 6 heteroatoms. The van der Waals surface area contributed by atoms with Gasteiger partial charge in [0.25, 0.3) is 0 Å². The minimum atomic E-state index is -0.754. The molecule has 0 unspecified atom stereocenters. The third-order valence-corrected chi connectivity index (χ3v) is 3.70. The highest BCUT2D eigenvalue weighted by atomic mass is 16.8. The molecule has 0 aromatic rings. The SMILES string of the molecule is CC1(C)O[C@H]2[C@H](O1)[C@@H](O)CN(CCCCO)C[C@@H]2O. The van der Waals surface area contributed by atoms with E-state index in [-0.39, 0.29) is 6.61 Å². The lowest BCUT2D eigenvalue weighted by Crippen LogP contribution is -2.41. The molecule has 2 aliphatic heterocycles. The van der Waals surface area contributed by atoms with Gasteiger partial charge in [0.2, 0.25) is 0 Å². The van der Waals surface area contributed by atoms with E-state index in [0.29, 0.717) is 13.1 Å². The standard InChI is InChI=1S/C13H25NO5/c1-13(2)18-11-9(16)7-14(5-3-4-6-15)8-10(17)12(11)19-13/h9-12,15-17H,3-8H2,1-2H3/t9-,10-,11+,12+/m0/s1. The van der Waals surface area contributed by atoms with Crippen LogP contribution in [-0.4, -0.2) is 76.7 Å². The minimum absolute atomic E-state index is 0.171. The van der Waals surface area contributed by atoms with Gasteiger partial charge in [0.1, 0.15) is 12.2 Å². The molecule has 4 atom stereocenters. The summed E-state index contributed by atoms with van der Waals surface area (Å²) in [7, 11) is 0. The molecule has 0 amide bonds. The summed E-state index contributed by atoms with van der Waals surface area (Å²) in [5.41, 5.74) is 0. The van der Waals surface area contributed by atoms with Crippen LogP contribution in [0.3, 0.4) is 0 Å². The number of hydrogen-bond acceptors (Lipinski definition) is 6. The van der Waals surface area contributed by atoms with Crippen LogP contribution in [0.1, 0.15) is 26.7 Å². The van der Waals surface area contributed by atoms with Gasteiger partial charge < -0.3 is 24.8 Å². The molecule has 3 N–H and O–H groups in total. The lowest BCUT2D eigenvalue weighted by atomic mass is 10.1. The van der Waals surface area contributed by atoms with Crippen molar-refractivity contribution in [3.8, 4) is 0 Å². The lowest BCUT2D eigenvalue weighted by molar-refractivity contribution is -0.165. The van der Waals surface area contributed by atoms with Crippen LogP contribution in [0.2, 0.25) is 0 Å². The molecule has 6 nitrogen and oxygen atoms in total. The third-order valence-electron chi connectivity index (χ3n) is 3.70. The lowest BCUT2D eigenvalue weighted by Gasteiger charge is -2.26. The van der Waals surface area contributed by atoms with Gasteiger partial charge in [-0.2, -0.15) is 0 Å². The zero-order valence-electron chi connectivity index (χ0n) is 11.7. The summed E-state index contributed by atoms with van der Waals surface area (Å²) in [4.78, 5) is 2.00. The Morgan fingerprint density at radius 2 is 1.58 bits per heavy atom. The van der Waals surface area contributed by atoms with Crippen LogP contribution in [0.4, 0.5) is 0 Å². The summed E-state index contributed by atoms with van der Waals surface area (Å²) in [5.74, 6) is -0.754. The predicted octanol–water partition coefficient (Wildman–Crippen LogP) is -0.684. The van der Waals surface area contributed by atoms with Gasteiger partial charge in [-0.15, -0.1) is 0 Å². The number of ether oxygens (including phenoxy) is 2. The van der Waals surface area contributed by atoms with Gasteiger partial charge in [-0.3, -0.25) is 4.90 Å². The monoisotopic (exact) mass is 275 g/mol. The normalized spacial score (nSPS) is 39.0. The average Bonchev–Trinajstić information content (AvgIpc) is 2.60. The van der Waals surface area contributed by atoms with Gasteiger partial charge >= 0.3 is 0 Å². The number of unbranched alkanes of at least 4 members (excludes halogenated alkanes) is 1. The molecule has 19 heavy (non-hydrogen) atoms. The Morgan fingerprint density at radius 1 is 1.05 bits per heavy atom. The van der Waals surface area contributed by atoms with Crippen molar-refractivity contribution < 1.29 is 24.8 Å². The molecule has 0 bridgehead atoms. The van der Waals surface area contributed by atoms with Crippen molar-refractivity contribution in [2.24, 2.45) is 0 Å². The summed E-state index contributed by atoms with van der Waals surface area (Å²) in [6.07, 6.45) is -0.717. The second-order valence-electron chi connectivity index (χ2n) is 5.89. The largest absolute Gasteiger partial charge is 0.396 e. The van der Waals surface area contributed by atoms with Crippen LogP contribution in [0, 0.1) is 0 Å². The van der Waals surface area contributed by atoms with E-state index in [4.69, 9.17) is 14.6 Å². The van der Waals surface area contributed by atoms with E-state index in [9.17, 15) is 10.2 Å². The van der Waals surface area contributed by atoms with Gasteiger partial charge in [0.05, 0.1) is 12.2 Å². The number of rotatable bonds is 4. The quantitative estimate of drug-likeness (QED) is 0.590. The Hall–Kier alpha value is -0.240. The topological polar surface area (TPSA) is 82.4 Å². The molecular formula is C13H25NO5. The summed E-state index contributed by atoms with van der Waals surface area (Å²) < 4.78 is 11.4. The van der Waals surface area contributed by atoms with Crippen molar-refractivity contribution in [3.63, 3.8) is 0 Å². The molecule has 0 spiro atoms. The Morgan fingerprint density at radius 3 is 2.05 bits per heavy atom. The summed E-state index contributed by atoms with van der Waals surface area (Å²) in [6, 6.07) is 0. The highest BCUT2D eigenvalue weighted by Gasteiger charge is 2.50. The van der Waals surface area contributed by atoms with Crippen molar-refractivity contribution in [2.45, 2.75) is 56.9 Å². The van der Waals surface area contributed by atoms with Gasteiger partial charge in [0, 0.05) is 19.7 Å². The maximum Gasteiger partial charge on any atom is 0.164 e. The predicted molar refractivity (Wildman–Crippen MR) is 68.6 cm³/mol. The first kappa shape index (κ1) is 15.2. The van der Waals surface area contributed by atoms with Crippen LogP contribution in [-0.2, 0) is 9.47 Å². The van der Waals surface area contributed by atoms with E-state index in [2.05, 4.69) is 0 Å². The number of likely N-dealkylation sites (tertiary alicyclic amines) is 1. The van der Waals surface area contributed by atoms with Gasteiger partial charge in [-0.05, 0) is 33.2 Å². The Kier molecular flexibility index (Phi) is 4.81. The molecule has 2 aliphatic rings. The van der Waals surface area contributed by atoms with Crippen molar-refractivity contribution in [3.05, 3.63) is 0 Å². The Labute approximate surface area is 113 Å². The zero-order chi connectivity index (χ0) is 14.0. The highest BCUT2D eigenvalue weighted by molar-refractivity contribution is 4.95. The van der Waals surface area contributed by atoms with Crippen LogP contribution >= 0.6 is 0 Å². The molecule has 2 saturated heterocycles. The molecule has 0 saturated carbocycles. The van der Waals surface area contributed by atoms with Gasteiger partial charge in [0.15, 0.2) is 5.79 Å². The number of β-amino-alcohol motifs (C(OH)–C–C–N with tert-alkyl or cyclic N) is 2. The first-order valence-electron chi connectivity index (χ1n) is 6.98. The fourth-order valence-corrected chi connectivity index (χ4v) is 2.85. The summed E-state index contributed by atoms with van der Waals surface area (Å²) in [6.45, 7) is 5.43. The summed E-state index contributed by atoms with van der Waals surface area (Å²) in [5, 5.41) is 29.2. The second-order valence-corrected chi connectivity index (χ2v) is 5.89. The Balaban J connectivity index is 1.97. The van der Waals surface area contributed by atoms with Gasteiger partial charge in [-0.1, -0.05) is 0 Å². The number of aliphatic hydroxyl groups excluding tert-OH is 3. The molecule has 0 radical (unpaired) electrons. The fourth-order valence-electron chi connectivity index (χ4n) is 2.85. The Bertz CT molecular complexity index is 277. The molecule has 0 aliphatic carbocycles. The molecule has 0 aromatic carbocycles. The number of aliphatic hydroxyl groups is 3. The van der Waals surface area contributed by atoms with Crippen molar-refractivity contribution >= 4 is 0 Å². The molecule has 2 rings (SSSR count). The number of hydrogen-bond donors (Lipinski definition) is 3. The zero-order valence-corrected chi connectivity index (χ0v) is 11.7. The average molecular weight is 275 g/mol. The number of nitrogens with zero attached hydrogens (tertiary/aromatic N) is 1. The van der Waals surface area contributed by atoms with Gasteiger partial charge in [-0.25, -0.2) is 0 Å². The third kappa shape index (κ3) is 3.65. The maximum absolute atomic E-state index is 10.2. The highest BCUT2D eigenvalue weighted by Crippen LogP contribution is 2.33. The van der Waals surface area contributed by atoms with E-state index < -0.39 is 30.2 Å². The van der Waals surface area contributed by atoms with Crippen molar-refractivity contribution in [1.82, 2.24) is 4.90 Å². The van der Waals surface area contributed by atoms with E-state index in [1.165, 1.54) is 0 Å². The van der Waals surface area contributed by atoms with Crippen LogP contribution in [0.25, 0.3) is 0 Å². The summed E-state index contributed by atoms with van der Waals surface area (Å²) >= 11 is 0. The van der Waals surface area contributed by atoms with Crippen molar-refractivity contribution in [1.29, 1.82) is 0 Å². The molecule has 112 valence electrons. The smallest absolute Gasteiger partial charge is 0.164 e. The van der Waals surface area contributed by atoms with Crippen LogP contribution in [0.15, 0.2) is 0 Å².